The predicted molar refractivity (Wildman–Crippen MR) is 75.6 cm³/mol. The highest BCUT2D eigenvalue weighted by atomic mass is 127. The Morgan fingerprint density at radius 3 is 2.88 bits per heavy atom. The number of halogens is 2. The van der Waals surface area contributed by atoms with Crippen LogP contribution in [0, 0.1) is 9.39 Å². The molecule has 1 aromatic carbocycles. The molecule has 1 aliphatic carbocycles. The smallest absolute Gasteiger partial charge is 0.138 e. The summed E-state index contributed by atoms with van der Waals surface area (Å²) in [6.45, 7) is 0. The number of nitrogens with two attached hydrogens (primary N) is 1. The normalized spacial score (nSPS) is 23.9. The number of ether oxygens (including phenoxy) is 1. The third-order valence-corrected chi connectivity index (χ3v) is 4.00. The van der Waals surface area contributed by atoms with Crippen LogP contribution in [-0.2, 0) is 4.74 Å². The number of methoxy groups -OCH3 is 1. The standard InChI is InChI=1S/C12H16FIN2O/c1-17-8-3-2-7(4-8)16-12-5-9(13)10(14)6-11(12)15/h5-8,16H,2-4,15H2,1H3. The maximum absolute atomic E-state index is 13.4. The quantitative estimate of drug-likeness (QED) is 0.651. The molecule has 2 rings (SSSR count). The Morgan fingerprint density at radius 2 is 2.24 bits per heavy atom. The summed E-state index contributed by atoms with van der Waals surface area (Å²) in [6.07, 6.45) is 3.33. The Balaban J connectivity index is 2.06. The van der Waals surface area contributed by atoms with E-state index in [9.17, 15) is 4.39 Å². The number of nitrogen functional groups attached to an aromatic ring is 1. The molecule has 2 atom stereocenters. The molecule has 1 aliphatic rings. The van der Waals surface area contributed by atoms with E-state index in [1.54, 1.807) is 13.2 Å². The summed E-state index contributed by atoms with van der Waals surface area (Å²) >= 11 is 1.94. The highest BCUT2D eigenvalue weighted by molar-refractivity contribution is 14.1. The number of anilines is 2. The molecule has 0 amide bonds. The van der Waals surface area contributed by atoms with Crippen LogP contribution in [0.5, 0.6) is 0 Å². The number of rotatable bonds is 3. The molecule has 3 N–H and O–H groups in total. The lowest BCUT2D eigenvalue weighted by Gasteiger charge is -2.16. The Kier molecular flexibility index (Phi) is 4.09. The highest BCUT2D eigenvalue weighted by Gasteiger charge is 2.24. The van der Waals surface area contributed by atoms with Crippen LogP contribution >= 0.6 is 22.6 Å². The van der Waals surface area contributed by atoms with E-state index in [1.165, 1.54) is 6.07 Å². The molecule has 5 heteroatoms. The van der Waals surface area contributed by atoms with E-state index in [0.717, 1.165) is 19.3 Å². The van der Waals surface area contributed by atoms with Crippen molar-refractivity contribution < 1.29 is 9.13 Å². The summed E-state index contributed by atoms with van der Waals surface area (Å²) in [5.41, 5.74) is 7.15. The first-order valence-electron chi connectivity index (χ1n) is 5.64. The second kappa shape index (κ2) is 5.39. The minimum atomic E-state index is -0.233. The van der Waals surface area contributed by atoms with Gasteiger partial charge in [0.25, 0.3) is 0 Å². The molecule has 1 fully saturated rings. The Hall–Kier alpha value is -0.560. The lowest BCUT2D eigenvalue weighted by molar-refractivity contribution is 0.108. The van der Waals surface area contributed by atoms with Crippen LogP contribution in [0.1, 0.15) is 19.3 Å². The fourth-order valence-electron chi connectivity index (χ4n) is 2.19. The van der Waals surface area contributed by atoms with Gasteiger partial charge < -0.3 is 15.8 Å². The van der Waals surface area contributed by atoms with Crippen LogP contribution in [0.25, 0.3) is 0 Å². The first kappa shape index (κ1) is 12.9. The summed E-state index contributed by atoms with van der Waals surface area (Å²) in [4.78, 5) is 0. The molecule has 0 heterocycles. The summed E-state index contributed by atoms with van der Waals surface area (Å²) in [6, 6.07) is 3.44. The summed E-state index contributed by atoms with van der Waals surface area (Å²) in [5, 5.41) is 3.29. The number of hydrogen-bond acceptors (Lipinski definition) is 3. The fraction of sp³-hybridized carbons (Fsp3) is 0.500. The number of nitrogens with one attached hydrogen (secondary N) is 1. The third kappa shape index (κ3) is 3.01. The summed E-state index contributed by atoms with van der Waals surface area (Å²) < 4.78 is 19.3. The Labute approximate surface area is 114 Å². The average molecular weight is 350 g/mol. The summed E-state index contributed by atoms with van der Waals surface area (Å²) in [5.74, 6) is -0.233. The van der Waals surface area contributed by atoms with Gasteiger partial charge in [0.05, 0.1) is 21.0 Å². The minimum Gasteiger partial charge on any atom is -0.397 e. The zero-order valence-electron chi connectivity index (χ0n) is 9.67. The van der Waals surface area contributed by atoms with Crippen LogP contribution in [0.3, 0.4) is 0 Å². The van der Waals surface area contributed by atoms with Crippen molar-refractivity contribution >= 4 is 34.0 Å². The maximum atomic E-state index is 13.4. The monoisotopic (exact) mass is 350 g/mol. The lowest BCUT2D eigenvalue weighted by atomic mass is 10.2. The largest absolute Gasteiger partial charge is 0.397 e. The van der Waals surface area contributed by atoms with E-state index in [-0.39, 0.29) is 5.82 Å². The van der Waals surface area contributed by atoms with E-state index < -0.39 is 0 Å². The molecule has 0 spiro atoms. The van der Waals surface area contributed by atoms with E-state index in [2.05, 4.69) is 5.32 Å². The molecule has 17 heavy (non-hydrogen) atoms. The first-order chi connectivity index (χ1) is 8.10. The lowest BCUT2D eigenvalue weighted by Crippen LogP contribution is -2.18. The van der Waals surface area contributed by atoms with Gasteiger partial charge in [0.1, 0.15) is 5.82 Å². The molecule has 0 aromatic heterocycles. The van der Waals surface area contributed by atoms with Crippen molar-refractivity contribution in [1.29, 1.82) is 0 Å². The molecule has 94 valence electrons. The molecule has 0 aliphatic heterocycles. The van der Waals surface area contributed by atoms with Crippen LogP contribution in [0.15, 0.2) is 12.1 Å². The maximum Gasteiger partial charge on any atom is 0.138 e. The van der Waals surface area contributed by atoms with Gasteiger partial charge in [0.15, 0.2) is 0 Å². The van der Waals surface area contributed by atoms with Gasteiger partial charge in [-0.25, -0.2) is 4.39 Å². The number of hydrogen-bond donors (Lipinski definition) is 2. The minimum absolute atomic E-state index is 0.233. The van der Waals surface area contributed by atoms with Crippen molar-refractivity contribution in [3.05, 3.63) is 21.5 Å². The van der Waals surface area contributed by atoms with Gasteiger partial charge in [-0.3, -0.25) is 0 Å². The van der Waals surface area contributed by atoms with Crippen molar-refractivity contribution in [2.75, 3.05) is 18.2 Å². The van der Waals surface area contributed by atoms with Gasteiger partial charge in [-0.05, 0) is 47.9 Å². The molecule has 0 radical (unpaired) electrons. The zero-order valence-corrected chi connectivity index (χ0v) is 11.8. The second-order valence-corrected chi connectivity index (χ2v) is 5.53. The van der Waals surface area contributed by atoms with Gasteiger partial charge in [0, 0.05) is 19.2 Å². The average Bonchev–Trinajstić information content (AvgIpc) is 2.73. The molecule has 1 saturated carbocycles. The third-order valence-electron chi connectivity index (χ3n) is 3.17. The van der Waals surface area contributed by atoms with Crippen molar-refractivity contribution in [2.45, 2.75) is 31.4 Å². The zero-order chi connectivity index (χ0) is 12.4. The number of benzene rings is 1. The van der Waals surface area contributed by atoms with Gasteiger partial charge in [-0.2, -0.15) is 0 Å². The molecular formula is C12H16FIN2O. The molecule has 2 unspecified atom stereocenters. The van der Waals surface area contributed by atoms with Crippen LogP contribution in [0.2, 0.25) is 0 Å². The van der Waals surface area contributed by atoms with Crippen molar-refractivity contribution in [2.24, 2.45) is 0 Å². The van der Waals surface area contributed by atoms with Gasteiger partial charge in [-0.15, -0.1) is 0 Å². The van der Waals surface area contributed by atoms with Crippen molar-refractivity contribution in [3.8, 4) is 0 Å². The van der Waals surface area contributed by atoms with Crippen LogP contribution < -0.4 is 11.1 Å². The highest BCUT2D eigenvalue weighted by Crippen LogP contribution is 2.29. The van der Waals surface area contributed by atoms with Gasteiger partial charge in [0.2, 0.25) is 0 Å². The van der Waals surface area contributed by atoms with Crippen molar-refractivity contribution in [3.63, 3.8) is 0 Å². The second-order valence-electron chi connectivity index (χ2n) is 4.37. The fourth-order valence-corrected chi connectivity index (χ4v) is 2.68. The Morgan fingerprint density at radius 1 is 1.47 bits per heavy atom. The molecule has 3 nitrogen and oxygen atoms in total. The molecule has 1 aromatic rings. The first-order valence-corrected chi connectivity index (χ1v) is 6.72. The Bertz CT molecular complexity index is 414. The van der Waals surface area contributed by atoms with Crippen LogP contribution in [0.4, 0.5) is 15.8 Å². The summed E-state index contributed by atoms with van der Waals surface area (Å²) in [7, 11) is 1.73. The van der Waals surface area contributed by atoms with E-state index in [4.69, 9.17) is 10.5 Å². The van der Waals surface area contributed by atoms with E-state index >= 15 is 0 Å². The van der Waals surface area contributed by atoms with Crippen molar-refractivity contribution in [1.82, 2.24) is 0 Å². The predicted octanol–water partition coefficient (Wildman–Crippen LogP) is 2.99. The van der Waals surface area contributed by atoms with Gasteiger partial charge in [-0.1, -0.05) is 0 Å². The van der Waals surface area contributed by atoms with Gasteiger partial charge >= 0.3 is 0 Å². The molecule has 0 bridgehead atoms. The topological polar surface area (TPSA) is 47.3 Å². The van der Waals surface area contributed by atoms with Crippen LogP contribution in [-0.4, -0.2) is 19.3 Å². The van der Waals surface area contributed by atoms with E-state index in [0.29, 0.717) is 27.1 Å². The molecule has 0 saturated heterocycles. The van der Waals surface area contributed by atoms with E-state index in [1.807, 2.05) is 22.6 Å². The SMILES string of the molecule is COC1CCC(Nc2cc(F)c(I)cc2N)C1. The molecular weight excluding hydrogens is 334 g/mol.